The summed E-state index contributed by atoms with van der Waals surface area (Å²) in [5.74, 6) is 3.35. The molecule has 0 radical (unpaired) electrons. The second kappa shape index (κ2) is 7.88. The van der Waals surface area contributed by atoms with Gasteiger partial charge in [-0.2, -0.15) is 0 Å². The molecular weight excluding hydrogens is 312 g/mol. The van der Waals surface area contributed by atoms with E-state index < -0.39 is 0 Å². The summed E-state index contributed by atoms with van der Waals surface area (Å²) in [4.78, 5) is 2.33. The van der Waals surface area contributed by atoms with Crippen LogP contribution in [0.5, 0.6) is 0 Å². The number of furan rings is 1. The third-order valence-electron chi connectivity index (χ3n) is 4.06. The van der Waals surface area contributed by atoms with Gasteiger partial charge in [0.05, 0.1) is 12.8 Å². The summed E-state index contributed by atoms with van der Waals surface area (Å²) in [6.07, 6.45) is 4.93. The van der Waals surface area contributed by atoms with Gasteiger partial charge in [0.2, 0.25) is 5.95 Å². The van der Waals surface area contributed by atoms with Crippen LogP contribution in [0.1, 0.15) is 31.9 Å². The molecule has 0 aliphatic carbocycles. The molecule has 2 aromatic rings. The maximum absolute atomic E-state index is 8.98. The largest absolute Gasteiger partial charge is 0.467 e. The topological polar surface area (TPSA) is 67.3 Å². The molecule has 1 aliphatic rings. The number of rotatable bonds is 7. The van der Waals surface area contributed by atoms with Crippen LogP contribution in [0.3, 0.4) is 0 Å². The fraction of sp³-hybridized carbons (Fsp3) is 0.625. The van der Waals surface area contributed by atoms with Crippen LogP contribution in [0.25, 0.3) is 0 Å². The number of thioether (sulfide) groups is 1. The van der Waals surface area contributed by atoms with E-state index in [-0.39, 0.29) is 6.61 Å². The van der Waals surface area contributed by atoms with Crippen LogP contribution in [0.4, 0.5) is 5.95 Å². The number of aromatic nitrogens is 3. The average Bonchev–Trinajstić information content (AvgIpc) is 3.19. The highest BCUT2D eigenvalue weighted by atomic mass is 32.2. The number of aliphatic hydroxyl groups excluding tert-OH is 1. The van der Waals surface area contributed by atoms with Crippen molar-refractivity contribution in [3.63, 3.8) is 0 Å². The smallest absolute Gasteiger partial charge is 0.228 e. The average molecular weight is 336 g/mol. The van der Waals surface area contributed by atoms with Crippen molar-refractivity contribution in [1.29, 1.82) is 0 Å². The third-order valence-corrected chi connectivity index (χ3v) is 5.12. The molecule has 126 valence electrons. The Morgan fingerprint density at radius 1 is 1.43 bits per heavy atom. The quantitative estimate of drug-likeness (QED) is 0.619. The predicted octanol–water partition coefficient (Wildman–Crippen LogP) is 2.63. The lowest BCUT2D eigenvalue weighted by atomic mass is 10.0. The Balaban J connectivity index is 1.82. The van der Waals surface area contributed by atoms with E-state index in [1.807, 2.05) is 12.1 Å². The van der Waals surface area contributed by atoms with Crippen molar-refractivity contribution in [3.05, 3.63) is 24.2 Å². The third kappa shape index (κ3) is 4.09. The molecule has 1 aliphatic heterocycles. The molecule has 1 atom stereocenters. The van der Waals surface area contributed by atoms with Crippen molar-refractivity contribution in [3.8, 4) is 0 Å². The van der Waals surface area contributed by atoms with Crippen molar-refractivity contribution < 1.29 is 9.52 Å². The molecule has 6 nitrogen and oxygen atoms in total. The molecule has 2 aromatic heterocycles. The van der Waals surface area contributed by atoms with Gasteiger partial charge in [0, 0.05) is 25.4 Å². The number of anilines is 1. The highest BCUT2D eigenvalue weighted by molar-refractivity contribution is 7.99. The van der Waals surface area contributed by atoms with E-state index >= 15 is 0 Å². The standard InChI is InChI=1S/C16H24N4O2S/c1-13-5-2-7-19(11-13)15-17-18-16(23-10-4-8-21)20(15)12-14-6-3-9-22-14/h3,6,9,13,21H,2,4-5,7-8,10-12H2,1H3. The minimum Gasteiger partial charge on any atom is -0.467 e. The van der Waals surface area contributed by atoms with Gasteiger partial charge in [0.1, 0.15) is 5.76 Å². The van der Waals surface area contributed by atoms with E-state index in [4.69, 9.17) is 9.52 Å². The Bertz CT molecular complexity index is 599. The maximum Gasteiger partial charge on any atom is 0.228 e. The van der Waals surface area contributed by atoms with Crippen molar-refractivity contribution >= 4 is 17.7 Å². The second-order valence-electron chi connectivity index (χ2n) is 6.07. The van der Waals surface area contributed by atoms with Crippen LogP contribution in [0.2, 0.25) is 0 Å². The Kier molecular flexibility index (Phi) is 5.61. The van der Waals surface area contributed by atoms with E-state index in [0.29, 0.717) is 12.5 Å². The van der Waals surface area contributed by atoms with Crippen molar-refractivity contribution in [2.24, 2.45) is 5.92 Å². The van der Waals surface area contributed by atoms with Gasteiger partial charge in [0.25, 0.3) is 0 Å². The van der Waals surface area contributed by atoms with Crippen LogP contribution in [0.15, 0.2) is 28.0 Å². The fourth-order valence-electron chi connectivity index (χ4n) is 2.92. The van der Waals surface area contributed by atoms with Crippen molar-refractivity contribution in [2.45, 2.75) is 37.9 Å². The summed E-state index contributed by atoms with van der Waals surface area (Å²) in [5.41, 5.74) is 0. The molecule has 7 heteroatoms. The fourth-order valence-corrected chi connectivity index (χ4v) is 3.77. The lowest BCUT2D eigenvalue weighted by Crippen LogP contribution is -2.36. The molecule has 23 heavy (non-hydrogen) atoms. The first-order valence-electron chi connectivity index (χ1n) is 8.22. The summed E-state index contributed by atoms with van der Waals surface area (Å²) in [5, 5.41) is 18.7. The SMILES string of the molecule is CC1CCCN(c2nnc(SCCCO)n2Cc2ccco2)C1. The predicted molar refractivity (Wildman–Crippen MR) is 90.9 cm³/mol. The first-order chi connectivity index (χ1) is 11.3. The van der Waals surface area contributed by atoms with Crippen LogP contribution in [0, 0.1) is 5.92 Å². The summed E-state index contributed by atoms with van der Waals surface area (Å²) in [7, 11) is 0. The Morgan fingerprint density at radius 3 is 3.09 bits per heavy atom. The van der Waals surface area contributed by atoms with Gasteiger partial charge in [0.15, 0.2) is 5.16 Å². The zero-order valence-electron chi connectivity index (χ0n) is 13.5. The Hall–Kier alpha value is -1.47. The van der Waals surface area contributed by atoms with Gasteiger partial charge >= 0.3 is 0 Å². The van der Waals surface area contributed by atoms with E-state index in [1.165, 1.54) is 12.8 Å². The lowest BCUT2D eigenvalue weighted by Gasteiger charge is -2.31. The molecular formula is C16H24N4O2S. The maximum atomic E-state index is 8.98. The van der Waals surface area contributed by atoms with E-state index in [1.54, 1.807) is 18.0 Å². The normalized spacial score (nSPS) is 18.5. The van der Waals surface area contributed by atoms with Gasteiger partial charge < -0.3 is 14.4 Å². The molecule has 3 rings (SSSR count). The number of aliphatic hydroxyl groups is 1. The molecule has 1 saturated heterocycles. The zero-order chi connectivity index (χ0) is 16.1. The number of hydrogen-bond acceptors (Lipinski definition) is 6. The highest BCUT2D eigenvalue weighted by Crippen LogP contribution is 2.27. The minimum atomic E-state index is 0.204. The van der Waals surface area contributed by atoms with Gasteiger partial charge in [-0.1, -0.05) is 18.7 Å². The molecule has 0 amide bonds. The first-order valence-corrected chi connectivity index (χ1v) is 9.20. The molecule has 0 saturated carbocycles. The summed E-state index contributed by atoms with van der Waals surface area (Å²) < 4.78 is 7.64. The molecule has 3 heterocycles. The Labute approximate surface area is 140 Å². The molecule has 1 N–H and O–H groups in total. The number of piperidine rings is 1. The molecule has 1 fully saturated rings. The number of hydrogen-bond donors (Lipinski definition) is 1. The van der Waals surface area contributed by atoms with Gasteiger partial charge in [-0.15, -0.1) is 10.2 Å². The highest BCUT2D eigenvalue weighted by Gasteiger charge is 2.23. The minimum absolute atomic E-state index is 0.204. The monoisotopic (exact) mass is 336 g/mol. The van der Waals surface area contributed by atoms with E-state index in [9.17, 15) is 0 Å². The van der Waals surface area contributed by atoms with Crippen molar-refractivity contribution in [2.75, 3.05) is 30.3 Å². The van der Waals surface area contributed by atoms with Gasteiger partial charge in [-0.3, -0.25) is 4.57 Å². The van der Waals surface area contributed by atoms with Crippen LogP contribution in [-0.4, -0.2) is 45.3 Å². The van der Waals surface area contributed by atoms with E-state index in [0.717, 1.165) is 42.1 Å². The summed E-state index contributed by atoms with van der Waals surface area (Å²) in [6.45, 7) is 5.19. The van der Waals surface area contributed by atoms with Gasteiger partial charge in [-0.05, 0) is 37.3 Å². The Morgan fingerprint density at radius 2 is 2.35 bits per heavy atom. The lowest BCUT2D eigenvalue weighted by molar-refractivity contribution is 0.296. The zero-order valence-corrected chi connectivity index (χ0v) is 14.3. The van der Waals surface area contributed by atoms with Gasteiger partial charge in [-0.25, -0.2) is 0 Å². The van der Waals surface area contributed by atoms with Crippen molar-refractivity contribution in [1.82, 2.24) is 14.8 Å². The summed E-state index contributed by atoms with van der Waals surface area (Å²) in [6, 6.07) is 3.88. The second-order valence-corrected chi connectivity index (χ2v) is 7.13. The molecule has 1 unspecified atom stereocenters. The van der Waals surface area contributed by atoms with Crippen LogP contribution in [-0.2, 0) is 6.54 Å². The van der Waals surface area contributed by atoms with Crippen LogP contribution < -0.4 is 4.90 Å². The molecule has 0 bridgehead atoms. The molecule has 0 aromatic carbocycles. The molecule has 0 spiro atoms. The first kappa shape index (κ1) is 16.4. The summed E-state index contributed by atoms with van der Waals surface area (Å²) >= 11 is 1.64. The van der Waals surface area contributed by atoms with Crippen LogP contribution >= 0.6 is 11.8 Å². The van der Waals surface area contributed by atoms with E-state index in [2.05, 4.69) is 26.6 Å². The number of nitrogens with zero attached hydrogens (tertiary/aromatic N) is 4.